The van der Waals surface area contributed by atoms with Gasteiger partial charge in [0.1, 0.15) is 11.6 Å². The van der Waals surface area contributed by atoms with Gasteiger partial charge in [-0.3, -0.25) is 30.3 Å². The van der Waals surface area contributed by atoms with Crippen molar-refractivity contribution in [3.8, 4) is 33.4 Å². The summed E-state index contributed by atoms with van der Waals surface area (Å²) in [5.74, 6) is -2.37. The molecule has 1 unspecified atom stereocenters. The number of carbonyl (C=O) groups excluding carboxylic acids is 6. The van der Waals surface area contributed by atoms with Crippen LogP contribution >= 0.6 is 47.8 Å². The molecule has 62 heavy (non-hydrogen) atoms. The van der Waals surface area contributed by atoms with E-state index in [1.54, 1.807) is 0 Å². The molecule has 6 aromatic rings. The maximum absolute atomic E-state index is 13.6. The summed E-state index contributed by atoms with van der Waals surface area (Å²) < 4.78 is 29.8. The number of hydrogen-bond acceptors (Lipinski definition) is 6. The Labute approximate surface area is 374 Å². The van der Waals surface area contributed by atoms with Crippen molar-refractivity contribution in [3.05, 3.63) is 174 Å². The number of carbonyl (C=O) groups is 6. The minimum absolute atomic E-state index is 0.312. The van der Waals surface area contributed by atoms with Crippen molar-refractivity contribution < 1.29 is 37.5 Å². The van der Waals surface area contributed by atoms with E-state index in [0.717, 1.165) is 57.9 Å². The second kappa shape index (κ2) is 14.0. The van der Waals surface area contributed by atoms with E-state index >= 15 is 0 Å². The molecule has 12 rings (SSSR count). The molecule has 0 saturated carbocycles. The summed E-state index contributed by atoms with van der Waals surface area (Å²) in [6, 6.07) is 31.3. The predicted octanol–water partition coefficient (Wildman–Crippen LogP) is 7.82. The Kier molecular flexibility index (Phi) is 8.92. The van der Waals surface area contributed by atoms with Crippen LogP contribution in [0.3, 0.4) is 0 Å². The third-order valence-electron chi connectivity index (χ3n) is 11.7. The zero-order chi connectivity index (χ0) is 43.5. The van der Waals surface area contributed by atoms with Gasteiger partial charge in [-0.15, -0.1) is 0 Å². The lowest BCUT2D eigenvalue weighted by atomic mass is 9.87. The zero-order valence-corrected chi connectivity index (χ0v) is 36.1. The van der Waals surface area contributed by atoms with Crippen LogP contribution in [-0.2, 0) is 31.0 Å². The Morgan fingerprint density at radius 3 is 0.984 bits per heavy atom. The smallest absolute Gasteiger partial charge is 0.316 e. The van der Waals surface area contributed by atoms with Gasteiger partial charge in [0, 0.05) is 41.2 Å². The van der Waals surface area contributed by atoms with Crippen LogP contribution < -0.4 is 31.9 Å². The molecule has 6 N–H and O–H groups in total. The first-order valence-electron chi connectivity index (χ1n) is 18.7. The van der Waals surface area contributed by atoms with Gasteiger partial charge in [0.15, 0.2) is 16.6 Å². The van der Waals surface area contributed by atoms with Gasteiger partial charge in [0.25, 0.3) is 17.7 Å². The van der Waals surface area contributed by atoms with Gasteiger partial charge >= 0.3 is 18.1 Å². The van der Waals surface area contributed by atoms with E-state index in [2.05, 4.69) is 79.7 Å². The lowest BCUT2D eigenvalue weighted by Crippen LogP contribution is -2.43. The molecule has 3 aliphatic carbocycles. The van der Waals surface area contributed by atoms with Crippen LogP contribution in [0.15, 0.2) is 129 Å². The number of fused-ring (bicyclic) bond motifs is 15. The number of imide groups is 3. The fourth-order valence-corrected chi connectivity index (χ4v) is 10.4. The van der Waals surface area contributed by atoms with Crippen LogP contribution in [0, 0.1) is 11.6 Å². The molecular formula is C45H25Br3F2N6O6. The van der Waals surface area contributed by atoms with Crippen LogP contribution in [0.4, 0.5) is 23.2 Å². The quantitative estimate of drug-likeness (QED) is 0.0847. The van der Waals surface area contributed by atoms with Crippen LogP contribution in [0.1, 0.15) is 33.4 Å². The number of rotatable bonds is 0. The second-order valence-corrected chi connectivity index (χ2v) is 17.7. The molecule has 0 aromatic heterocycles. The van der Waals surface area contributed by atoms with Gasteiger partial charge in [0.2, 0.25) is 0 Å². The Morgan fingerprint density at radius 2 is 0.645 bits per heavy atom. The van der Waals surface area contributed by atoms with Crippen LogP contribution in [0.25, 0.3) is 33.4 Å². The van der Waals surface area contributed by atoms with Crippen LogP contribution in [0.2, 0.25) is 0 Å². The summed E-state index contributed by atoms with van der Waals surface area (Å²) in [6.07, 6.45) is 0. The van der Waals surface area contributed by atoms with E-state index in [4.69, 9.17) is 0 Å². The van der Waals surface area contributed by atoms with Crippen molar-refractivity contribution in [2.45, 2.75) is 16.6 Å². The highest BCUT2D eigenvalue weighted by molar-refractivity contribution is 9.11. The average molecular weight is 1020 g/mol. The van der Waals surface area contributed by atoms with Crippen LogP contribution in [0.5, 0.6) is 0 Å². The number of benzene rings is 6. The third kappa shape index (κ3) is 5.57. The molecule has 3 fully saturated rings. The first-order chi connectivity index (χ1) is 29.7. The summed E-state index contributed by atoms with van der Waals surface area (Å²) >= 11 is 10.3. The van der Waals surface area contributed by atoms with Crippen molar-refractivity contribution in [3.63, 3.8) is 0 Å². The predicted molar refractivity (Wildman–Crippen MR) is 231 cm³/mol. The van der Waals surface area contributed by atoms with Crippen molar-refractivity contribution in [1.29, 1.82) is 0 Å². The van der Waals surface area contributed by atoms with E-state index < -0.39 is 52.3 Å². The molecule has 6 aromatic carbocycles. The van der Waals surface area contributed by atoms with E-state index in [9.17, 15) is 37.5 Å². The molecule has 0 bridgehead atoms. The molecule has 306 valence electrons. The molecule has 12 nitrogen and oxygen atoms in total. The fraction of sp³-hybridized carbons (Fsp3) is 0.0667. The molecule has 3 aliphatic heterocycles. The van der Waals surface area contributed by atoms with E-state index in [1.807, 2.05) is 78.9 Å². The summed E-state index contributed by atoms with van der Waals surface area (Å²) in [6.45, 7) is 0. The lowest BCUT2D eigenvalue weighted by molar-refractivity contribution is -0.123. The molecule has 0 radical (unpaired) electrons. The lowest BCUT2D eigenvalue weighted by Gasteiger charge is -2.23. The molecule has 3 spiro atoms. The first kappa shape index (κ1) is 39.6. The van der Waals surface area contributed by atoms with E-state index in [-0.39, 0.29) is 11.8 Å². The van der Waals surface area contributed by atoms with Crippen molar-refractivity contribution >= 4 is 83.6 Å². The minimum Gasteiger partial charge on any atom is -0.316 e. The minimum atomic E-state index is -1.56. The van der Waals surface area contributed by atoms with E-state index in [0.29, 0.717) is 22.3 Å². The standard InChI is InChI=1S/C15H8Br2N2O2.C15H9BrN2O2.C15H8F2N2O2/c16-7-1-3-9-10-4-2-8(17)6-12(10)15(11(9)5-7)13(20)18-14(21)19-15;16-8-5-6-10-9-3-1-2-4-11(9)15(12(10)7-8)13(19)17-14(20)18-15;16-7-1-3-9-10-4-2-8(17)6-12(10)15(11(9)5-7)13(20)18-14(21)19-15/h1-6H,(H2,18,19,20,21);1-7H,(H2,17,18,19,20);1-6H,(H2,18,19,20,21). The number of urea groups is 3. The van der Waals surface area contributed by atoms with Gasteiger partial charge in [-0.1, -0.05) is 102 Å². The Morgan fingerprint density at radius 1 is 0.355 bits per heavy atom. The van der Waals surface area contributed by atoms with E-state index in [1.165, 1.54) is 36.4 Å². The number of hydrogen-bond donors (Lipinski definition) is 6. The molecule has 3 heterocycles. The SMILES string of the molecule is O=C1NC(=O)C2(N1)c1cc(Br)ccc1-c1ccc(Br)cc12.O=C1NC(=O)C2(N1)c1cc(F)ccc1-c1ccc(F)cc12.O=C1NC(=O)C2(N1)c1ccccc1-c1ccc(Br)cc12. The van der Waals surface area contributed by atoms with Gasteiger partial charge in [-0.25, -0.2) is 23.2 Å². The zero-order valence-electron chi connectivity index (χ0n) is 31.3. The highest BCUT2D eigenvalue weighted by Gasteiger charge is 2.57. The summed E-state index contributed by atoms with van der Waals surface area (Å²) in [7, 11) is 0. The Balaban J connectivity index is 0.000000111. The second-order valence-electron chi connectivity index (χ2n) is 15.0. The van der Waals surface area contributed by atoms with Gasteiger partial charge in [-0.05, 0) is 99.6 Å². The number of nitrogens with one attached hydrogen (secondary N) is 6. The largest absolute Gasteiger partial charge is 0.322 e. The summed E-state index contributed by atoms with van der Waals surface area (Å²) in [5.41, 5.74) is 5.07. The Bertz CT molecular complexity index is 2870. The highest BCUT2D eigenvalue weighted by Crippen LogP contribution is 2.52. The molecule has 9 amide bonds. The summed E-state index contributed by atoms with van der Waals surface area (Å²) in [4.78, 5) is 72.3. The maximum atomic E-state index is 13.6. The van der Waals surface area contributed by atoms with Crippen LogP contribution in [-0.4, -0.2) is 35.8 Å². The molecule has 3 saturated heterocycles. The molecule has 1 atom stereocenters. The molecular weight excluding hydrogens is 998 g/mol. The maximum Gasteiger partial charge on any atom is 0.322 e. The first-order valence-corrected chi connectivity index (χ1v) is 21.1. The van der Waals surface area contributed by atoms with Gasteiger partial charge in [-0.2, -0.15) is 0 Å². The highest BCUT2D eigenvalue weighted by atomic mass is 79.9. The normalized spacial score (nSPS) is 19.0. The third-order valence-corrected chi connectivity index (χ3v) is 13.2. The van der Waals surface area contributed by atoms with Crippen molar-refractivity contribution in [1.82, 2.24) is 31.9 Å². The summed E-state index contributed by atoms with van der Waals surface area (Å²) in [5, 5.41) is 14.9. The topological polar surface area (TPSA) is 175 Å². The van der Waals surface area contributed by atoms with Gasteiger partial charge in [0.05, 0.1) is 0 Å². The Hall–Kier alpha value is -6.56. The van der Waals surface area contributed by atoms with Crippen molar-refractivity contribution in [2.24, 2.45) is 0 Å². The number of halogens is 5. The molecule has 6 aliphatic rings. The van der Waals surface area contributed by atoms with Crippen molar-refractivity contribution in [2.75, 3.05) is 0 Å². The monoisotopic (exact) mass is 1020 g/mol. The average Bonchev–Trinajstić information content (AvgIpc) is 4.02. The number of amides is 9. The fourth-order valence-electron chi connectivity index (χ4n) is 9.29. The van der Waals surface area contributed by atoms with Gasteiger partial charge < -0.3 is 16.0 Å². The molecule has 17 heteroatoms.